The van der Waals surface area contributed by atoms with Gasteiger partial charge in [0.05, 0.1) is 0 Å². The van der Waals surface area contributed by atoms with Crippen LogP contribution in [0.5, 0.6) is 0 Å². The van der Waals surface area contributed by atoms with E-state index in [1.165, 1.54) is 0 Å². The van der Waals surface area contributed by atoms with Gasteiger partial charge in [-0.15, -0.1) is 0 Å². The van der Waals surface area contributed by atoms with Gasteiger partial charge in [0.15, 0.2) is 0 Å². The molecule has 2 aromatic rings. The van der Waals surface area contributed by atoms with Crippen LogP contribution in [-0.2, 0) is 22.6 Å². The first-order valence-electron chi connectivity index (χ1n) is 8.41. The van der Waals surface area contributed by atoms with Crippen LogP contribution < -0.4 is 10.6 Å². The molecule has 0 aliphatic heterocycles. The van der Waals surface area contributed by atoms with Crippen molar-refractivity contribution in [3.8, 4) is 0 Å². The van der Waals surface area contributed by atoms with Crippen LogP contribution in [0.15, 0.2) is 54.6 Å². The van der Waals surface area contributed by atoms with Crippen molar-refractivity contribution in [2.24, 2.45) is 5.92 Å². The molecular weight excluding hydrogens is 300 g/mol. The first-order valence-corrected chi connectivity index (χ1v) is 8.41. The van der Waals surface area contributed by atoms with Crippen LogP contribution in [-0.4, -0.2) is 11.8 Å². The van der Waals surface area contributed by atoms with Gasteiger partial charge >= 0.3 is 0 Å². The Morgan fingerprint density at radius 3 is 2.46 bits per heavy atom. The zero-order valence-electron chi connectivity index (χ0n) is 13.6. The maximum Gasteiger partial charge on any atom is 0.227 e. The molecule has 0 atom stereocenters. The van der Waals surface area contributed by atoms with Crippen LogP contribution in [0.1, 0.15) is 30.4 Å². The van der Waals surface area contributed by atoms with Gasteiger partial charge in [-0.3, -0.25) is 9.59 Å². The van der Waals surface area contributed by atoms with Gasteiger partial charge in [-0.1, -0.05) is 42.5 Å². The minimum atomic E-state index is 0.0336. The lowest BCUT2D eigenvalue weighted by Gasteiger charge is -2.08. The van der Waals surface area contributed by atoms with Gasteiger partial charge in [-0.2, -0.15) is 0 Å². The summed E-state index contributed by atoms with van der Waals surface area (Å²) < 4.78 is 0. The van der Waals surface area contributed by atoms with E-state index in [0.29, 0.717) is 13.0 Å². The zero-order valence-corrected chi connectivity index (χ0v) is 13.6. The molecule has 1 saturated carbocycles. The topological polar surface area (TPSA) is 58.2 Å². The second-order valence-corrected chi connectivity index (χ2v) is 6.23. The molecule has 124 valence electrons. The Balaban J connectivity index is 1.45. The molecule has 1 aliphatic carbocycles. The summed E-state index contributed by atoms with van der Waals surface area (Å²) in [5, 5.41) is 5.86. The number of amides is 2. The Kier molecular flexibility index (Phi) is 5.26. The van der Waals surface area contributed by atoms with Crippen LogP contribution in [0.4, 0.5) is 5.69 Å². The molecule has 3 rings (SSSR count). The summed E-state index contributed by atoms with van der Waals surface area (Å²) in [6, 6.07) is 17.6. The molecule has 4 heteroatoms. The zero-order chi connectivity index (χ0) is 16.8. The van der Waals surface area contributed by atoms with Gasteiger partial charge in [-0.05, 0) is 42.5 Å². The van der Waals surface area contributed by atoms with Crippen molar-refractivity contribution in [3.05, 3.63) is 65.7 Å². The molecule has 1 fully saturated rings. The number of hydrogen-bond donors (Lipinski definition) is 2. The third-order valence-electron chi connectivity index (χ3n) is 4.12. The van der Waals surface area contributed by atoms with Crippen molar-refractivity contribution >= 4 is 17.5 Å². The molecule has 4 nitrogen and oxygen atoms in total. The van der Waals surface area contributed by atoms with Gasteiger partial charge in [0.25, 0.3) is 0 Å². The van der Waals surface area contributed by atoms with E-state index in [0.717, 1.165) is 36.1 Å². The summed E-state index contributed by atoms with van der Waals surface area (Å²) in [6.45, 7) is 0.473. The monoisotopic (exact) mass is 322 g/mol. The molecule has 0 spiro atoms. The second kappa shape index (κ2) is 7.77. The lowest BCUT2D eigenvalue weighted by atomic mass is 10.1. The summed E-state index contributed by atoms with van der Waals surface area (Å²) in [5.74, 6) is 0.316. The quantitative estimate of drug-likeness (QED) is 0.822. The number of rotatable bonds is 7. The molecule has 24 heavy (non-hydrogen) atoms. The molecule has 2 N–H and O–H groups in total. The van der Waals surface area contributed by atoms with E-state index < -0.39 is 0 Å². The largest absolute Gasteiger partial charge is 0.352 e. The molecule has 0 aromatic heterocycles. The summed E-state index contributed by atoms with van der Waals surface area (Å²) in [5.41, 5.74) is 2.94. The Labute approximate surface area is 142 Å². The van der Waals surface area contributed by atoms with Gasteiger partial charge in [0, 0.05) is 24.6 Å². The highest BCUT2D eigenvalue weighted by Crippen LogP contribution is 2.30. The van der Waals surface area contributed by atoms with Crippen LogP contribution in [0.2, 0.25) is 0 Å². The molecule has 0 bridgehead atoms. The lowest BCUT2D eigenvalue weighted by Crippen LogP contribution is -2.23. The fourth-order valence-corrected chi connectivity index (χ4v) is 2.54. The molecule has 0 heterocycles. The Morgan fingerprint density at radius 1 is 0.958 bits per heavy atom. The van der Waals surface area contributed by atoms with Gasteiger partial charge in [0.1, 0.15) is 0 Å². The van der Waals surface area contributed by atoms with E-state index in [2.05, 4.69) is 10.6 Å². The SMILES string of the molecule is O=C(CCc1ccccc1)NCc1cccc(NC(=O)C2CC2)c1. The Morgan fingerprint density at radius 2 is 1.71 bits per heavy atom. The van der Waals surface area contributed by atoms with E-state index in [4.69, 9.17) is 0 Å². The number of anilines is 1. The average Bonchev–Trinajstić information content (AvgIpc) is 3.44. The first-order chi connectivity index (χ1) is 11.7. The standard InChI is InChI=1S/C20H22N2O2/c23-19(12-9-15-5-2-1-3-6-15)21-14-16-7-4-8-18(13-16)22-20(24)17-10-11-17/h1-8,13,17H,9-12,14H2,(H,21,23)(H,22,24). The first kappa shape index (κ1) is 16.2. The Bertz CT molecular complexity index is 709. The lowest BCUT2D eigenvalue weighted by molar-refractivity contribution is -0.121. The second-order valence-electron chi connectivity index (χ2n) is 6.23. The highest BCUT2D eigenvalue weighted by Gasteiger charge is 2.29. The van der Waals surface area contributed by atoms with Crippen molar-refractivity contribution < 1.29 is 9.59 Å². The van der Waals surface area contributed by atoms with Crippen molar-refractivity contribution in [1.29, 1.82) is 0 Å². The average molecular weight is 322 g/mol. The minimum Gasteiger partial charge on any atom is -0.352 e. The van der Waals surface area contributed by atoms with Gasteiger partial charge in [0.2, 0.25) is 11.8 Å². The summed E-state index contributed by atoms with van der Waals surface area (Å²) in [6.07, 6.45) is 3.19. The number of aryl methyl sites for hydroxylation is 1. The number of hydrogen-bond acceptors (Lipinski definition) is 2. The molecule has 2 amide bonds. The molecule has 1 aliphatic rings. The minimum absolute atomic E-state index is 0.0336. The highest BCUT2D eigenvalue weighted by molar-refractivity contribution is 5.94. The van der Waals surface area contributed by atoms with Crippen LogP contribution in [0.3, 0.4) is 0 Å². The maximum atomic E-state index is 12.0. The number of carbonyl (C=O) groups is 2. The van der Waals surface area contributed by atoms with Gasteiger partial charge < -0.3 is 10.6 Å². The number of carbonyl (C=O) groups excluding carboxylic acids is 2. The number of nitrogens with one attached hydrogen (secondary N) is 2. The van der Waals surface area contributed by atoms with E-state index >= 15 is 0 Å². The fraction of sp³-hybridized carbons (Fsp3) is 0.300. The van der Waals surface area contributed by atoms with Crippen molar-refractivity contribution in [3.63, 3.8) is 0 Å². The van der Waals surface area contributed by atoms with Crippen LogP contribution >= 0.6 is 0 Å². The van der Waals surface area contributed by atoms with Crippen LogP contribution in [0.25, 0.3) is 0 Å². The van der Waals surface area contributed by atoms with E-state index in [1.54, 1.807) is 0 Å². The molecule has 0 radical (unpaired) electrons. The van der Waals surface area contributed by atoms with Crippen molar-refractivity contribution in [2.45, 2.75) is 32.2 Å². The molecule has 0 unspecified atom stereocenters. The third kappa shape index (κ3) is 4.95. The third-order valence-corrected chi connectivity index (χ3v) is 4.12. The summed E-state index contributed by atoms with van der Waals surface area (Å²) in [7, 11) is 0. The van der Waals surface area contributed by atoms with Crippen molar-refractivity contribution in [1.82, 2.24) is 5.32 Å². The van der Waals surface area contributed by atoms with E-state index in [1.807, 2.05) is 54.6 Å². The molecule has 0 saturated heterocycles. The normalized spacial score (nSPS) is 13.3. The van der Waals surface area contributed by atoms with Crippen molar-refractivity contribution in [2.75, 3.05) is 5.32 Å². The Hall–Kier alpha value is -2.62. The molecule has 2 aromatic carbocycles. The summed E-state index contributed by atoms with van der Waals surface area (Å²) >= 11 is 0. The fourth-order valence-electron chi connectivity index (χ4n) is 2.54. The maximum absolute atomic E-state index is 12.0. The summed E-state index contributed by atoms with van der Waals surface area (Å²) in [4.78, 5) is 23.8. The highest BCUT2D eigenvalue weighted by atomic mass is 16.2. The predicted octanol–water partition coefficient (Wildman–Crippen LogP) is 3.28. The predicted molar refractivity (Wildman–Crippen MR) is 94.4 cm³/mol. The van der Waals surface area contributed by atoms with E-state index in [-0.39, 0.29) is 17.7 Å². The van der Waals surface area contributed by atoms with Gasteiger partial charge in [-0.25, -0.2) is 0 Å². The number of benzene rings is 2. The van der Waals surface area contributed by atoms with Crippen LogP contribution in [0, 0.1) is 5.92 Å². The van der Waals surface area contributed by atoms with E-state index in [9.17, 15) is 9.59 Å². The smallest absolute Gasteiger partial charge is 0.227 e. The molecular formula is C20H22N2O2.